The molecule has 5 nitrogen and oxygen atoms in total. The van der Waals surface area contributed by atoms with Gasteiger partial charge in [-0.25, -0.2) is 4.98 Å². The van der Waals surface area contributed by atoms with Gasteiger partial charge in [-0.1, -0.05) is 32.4 Å². The number of nitrogens with zero attached hydrogens (tertiary/aromatic N) is 1. The summed E-state index contributed by atoms with van der Waals surface area (Å²) in [5.41, 5.74) is 2.69. The van der Waals surface area contributed by atoms with Crippen LogP contribution in [-0.2, 0) is 6.42 Å². The lowest BCUT2D eigenvalue weighted by Crippen LogP contribution is -2.13. The van der Waals surface area contributed by atoms with Gasteiger partial charge in [-0.05, 0) is 36.8 Å². The van der Waals surface area contributed by atoms with E-state index in [4.69, 9.17) is 21.1 Å². The molecule has 0 bridgehead atoms. The van der Waals surface area contributed by atoms with Crippen molar-refractivity contribution in [3.05, 3.63) is 57.4 Å². The molecule has 1 N–H and O–H groups in total. The third-order valence-electron chi connectivity index (χ3n) is 4.01. The number of amides is 1. The summed E-state index contributed by atoms with van der Waals surface area (Å²) in [4.78, 5) is 17.2. The Labute approximate surface area is 180 Å². The van der Waals surface area contributed by atoms with Gasteiger partial charge >= 0.3 is 0 Å². The molecule has 3 rings (SSSR count). The van der Waals surface area contributed by atoms with Gasteiger partial charge in [0.1, 0.15) is 11.5 Å². The first-order chi connectivity index (χ1) is 14.0. The van der Waals surface area contributed by atoms with Crippen LogP contribution in [0.25, 0.3) is 11.3 Å². The highest BCUT2D eigenvalue weighted by molar-refractivity contribution is 7.09. The number of methoxy groups -OCH3 is 2. The number of anilines is 1. The minimum Gasteiger partial charge on any atom is -0.497 e. The molecule has 154 valence electrons. The van der Waals surface area contributed by atoms with Crippen molar-refractivity contribution in [1.82, 2.24) is 4.98 Å². The van der Waals surface area contributed by atoms with Crippen LogP contribution in [0.2, 0.25) is 5.02 Å². The van der Waals surface area contributed by atoms with Gasteiger partial charge in [0.2, 0.25) is 0 Å². The van der Waals surface area contributed by atoms with Crippen LogP contribution in [0.1, 0.15) is 36.1 Å². The zero-order chi connectivity index (χ0) is 21.4. The summed E-state index contributed by atoms with van der Waals surface area (Å²) in [5.74, 6) is 0.759. The maximum Gasteiger partial charge on any atom is 0.259 e. The number of ether oxygens (including phenoxy) is 2. The Bertz CT molecular complexity index is 972. The first kappa shape index (κ1) is 22.7. The molecule has 2 aromatic carbocycles. The molecular formula is C22H25ClN2O3S. The number of carbonyl (C=O) groups is 1. The fourth-order valence-corrected chi connectivity index (χ4v) is 3.60. The van der Waals surface area contributed by atoms with Crippen molar-refractivity contribution in [3.63, 3.8) is 0 Å². The summed E-state index contributed by atoms with van der Waals surface area (Å²) in [6, 6.07) is 10.4. The van der Waals surface area contributed by atoms with Crippen molar-refractivity contribution in [2.24, 2.45) is 0 Å². The standard InChI is InChI=1S/C20H19ClN2O3S.C2H6/c1-4-19-23-17(11-27-19)14-7-5-12(9-16(14)21)22-20(24)15-8-6-13(25-2)10-18(15)26-3;1-2/h5-11H,4H2,1-3H3,(H,22,24);1-2H3. The minimum atomic E-state index is -0.291. The Kier molecular flexibility index (Phi) is 8.49. The van der Waals surface area contributed by atoms with Crippen molar-refractivity contribution in [3.8, 4) is 22.8 Å². The van der Waals surface area contributed by atoms with Crippen LogP contribution in [-0.4, -0.2) is 25.1 Å². The molecule has 29 heavy (non-hydrogen) atoms. The SMILES string of the molecule is CC.CCc1nc(-c2ccc(NC(=O)c3ccc(OC)cc3OC)cc2Cl)cs1. The maximum atomic E-state index is 12.6. The smallest absolute Gasteiger partial charge is 0.259 e. The normalized spacial score (nSPS) is 10.0. The first-order valence-corrected chi connectivity index (χ1v) is 10.6. The number of hydrogen-bond acceptors (Lipinski definition) is 5. The van der Waals surface area contributed by atoms with Crippen LogP contribution >= 0.6 is 22.9 Å². The van der Waals surface area contributed by atoms with E-state index in [1.165, 1.54) is 7.11 Å². The highest BCUT2D eigenvalue weighted by atomic mass is 35.5. The van der Waals surface area contributed by atoms with E-state index < -0.39 is 0 Å². The Morgan fingerprint density at radius 2 is 1.90 bits per heavy atom. The Hall–Kier alpha value is -2.57. The van der Waals surface area contributed by atoms with Crippen molar-refractivity contribution < 1.29 is 14.3 Å². The molecule has 0 aliphatic heterocycles. The summed E-state index contributed by atoms with van der Waals surface area (Å²) in [6.45, 7) is 6.07. The fraction of sp³-hybridized carbons (Fsp3) is 0.273. The molecule has 0 atom stereocenters. The Morgan fingerprint density at radius 1 is 1.14 bits per heavy atom. The lowest BCUT2D eigenvalue weighted by atomic mass is 10.1. The monoisotopic (exact) mass is 432 g/mol. The quantitative estimate of drug-likeness (QED) is 0.495. The number of aryl methyl sites for hydroxylation is 1. The lowest BCUT2D eigenvalue weighted by Gasteiger charge is -2.11. The molecule has 0 unspecified atom stereocenters. The molecule has 0 radical (unpaired) electrons. The number of nitrogens with one attached hydrogen (secondary N) is 1. The molecule has 0 aliphatic rings. The Balaban J connectivity index is 0.00000145. The lowest BCUT2D eigenvalue weighted by molar-refractivity contribution is 0.102. The number of thiazole rings is 1. The van der Waals surface area contributed by atoms with Gasteiger partial charge in [0.15, 0.2) is 0 Å². The number of carbonyl (C=O) groups excluding carboxylic acids is 1. The fourth-order valence-electron chi connectivity index (χ4n) is 2.58. The predicted octanol–water partition coefficient (Wildman–Crippen LogP) is 6.32. The molecule has 0 spiro atoms. The van der Waals surface area contributed by atoms with Crippen LogP contribution in [0.15, 0.2) is 41.8 Å². The Morgan fingerprint density at radius 3 is 2.48 bits per heavy atom. The molecular weight excluding hydrogens is 408 g/mol. The average Bonchev–Trinajstić information content (AvgIpc) is 3.23. The number of aromatic nitrogens is 1. The van der Waals surface area contributed by atoms with Crippen molar-refractivity contribution in [1.29, 1.82) is 0 Å². The van der Waals surface area contributed by atoms with Gasteiger partial charge in [0, 0.05) is 22.7 Å². The third kappa shape index (κ3) is 5.49. The van der Waals surface area contributed by atoms with E-state index in [-0.39, 0.29) is 5.91 Å². The van der Waals surface area contributed by atoms with E-state index in [0.29, 0.717) is 27.8 Å². The average molecular weight is 433 g/mol. The minimum absolute atomic E-state index is 0.291. The van der Waals surface area contributed by atoms with Crippen LogP contribution < -0.4 is 14.8 Å². The number of benzene rings is 2. The van der Waals surface area contributed by atoms with Gasteiger partial charge in [-0.3, -0.25) is 4.79 Å². The van der Waals surface area contributed by atoms with E-state index in [9.17, 15) is 4.79 Å². The highest BCUT2D eigenvalue weighted by Crippen LogP contribution is 2.32. The summed E-state index contributed by atoms with van der Waals surface area (Å²) in [7, 11) is 3.07. The first-order valence-electron chi connectivity index (χ1n) is 9.33. The summed E-state index contributed by atoms with van der Waals surface area (Å²) in [5, 5.41) is 6.42. The zero-order valence-electron chi connectivity index (χ0n) is 17.2. The van der Waals surface area contributed by atoms with Crippen molar-refractivity contribution in [2.75, 3.05) is 19.5 Å². The molecule has 0 aliphatic carbocycles. The molecule has 7 heteroatoms. The van der Waals surface area contributed by atoms with E-state index in [1.807, 2.05) is 25.3 Å². The second-order valence-corrected chi connectivity index (χ2v) is 7.04. The molecule has 1 amide bonds. The molecule has 0 saturated heterocycles. The van der Waals surface area contributed by atoms with Crippen molar-refractivity contribution >= 4 is 34.5 Å². The number of hydrogen-bond donors (Lipinski definition) is 1. The molecule has 0 saturated carbocycles. The van der Waals surface area contributed by atoms with Gasteiger partial charge in [0.25, 0.3) is 5.91 Å². The summed E-state index contributed by atoms with van der Waals surface area (Å²) >= 11 is 8.02. The number of halogens is 1. The van der Waals surface area contributed by atoms with E-state index >= 15 is 0 Å². The largest absolute Gasteiger partial charge is 0.497 e. The topological polar surface area (TPSA) is 60.5 Å². The maximum absolute atomic E-state index is 12.6. The summed E-state index contributed by atoms with van der Waals surface area (Å²) in [6.07, 6.45) is 0.889. The second-order valence-electron chi connectivity index (χ2n) is 5.70. The second kappa shape index (κ2) is 10.8. The van der Waals surface area contributed by atoms with Gasteiger partial charge in [-0.15, -0.1) is 11.3 Å². The van der Waals surface area contributed by atoms with Crippen LogP contribution in [0.3, 0.4) is 0 Å². The van der Waals surface area contributed by atoms with Gasteiger partial charge in [0.05, 0.1) is 35.5 Å². The van der Waals surface area contributed by atoms with Gasteiger partial charge < -0.3 is 14.8 Å². The van der Waals surface area contributed by atoms with E-state index in [1.54, 1.807) is 48.8 Å². The third-order valence-corrected chi connectivity index (χ3v) is 5.32. The van der Waals surface area contributed by atoms with E-state index in [2.05, 4.69) is 17.2 Å². The van der Waals surface area contributed by atoms with Crippen LogP contribution in [0, 0.1) is 0 Å². The molecule has 1 heterocycles. The summed E-state index contributed by atoms with van der Waals surface area (Å²) < 4.78 is 10.4. The molecule has 1 aromatic heterocycles. The van der Waals surface area contributed by atoms with Gasteiger partial charge in [-0.2, -0.15) is 0 Å². The predicted molar refractivity (Wildman–Crippen MR) is 121 cm³/mol. The van der Waals surface area contributed by atoms with Crippen LogP contribution in [0.5, 0.6) is 11.5 Å². The number of rotatable bonds is 6. The van der Waals surface area contributed by atoms with Crippen molar-refractivity contribution in [2.45, 2.75) is 27.2 Å². The zero-order valence-corrected chi connectivity index (χ0v) is 18.8. The molecule has 3 aromatic rings. The van der Waals surface area contributed by atoms with Crippen LogP contribution in [0.4, 0.5) is 5.69 Å². The van der Waals surface area contributed by atoms with E-state index in [0.717, 1.165) is 22.7 Å². The molecule has 0 fully saturated rings. The highest BCUT2D eigenvalue weighted by Gasteiger charge is 2.15.